The molecule has 1 amide bonds. The fourth-order valence-corrected chi connectivity index (χ4v) is 2.21. The fraction of sp³-hybridized carbons (Fsp3) is 0.500. The van der Waals surface area contributed by atoms with Crippen molar-refractivity contribution < 1.29 is 9.90 Å². The lowest BCUT2D eigenvalue weighted by Gasteiger charge is -2.32. The molecule has 0 aliphatic carbocycles. The number of anilines is 1. The molecule has 1 aliphatic heterocycles. The molecule has 0 aromatic carbocycles. The summed E-state index contributed by atoms with van der Waals surface area (Å²) in [4.78, 5) is 17.5. The van der Waals surface area contributed by atoms with Gasteiger partial charge in [0.15, 0.2) is 0 Å². The second-order valence-corrected chi connectivity index (χ2v) is 4.31. The number of aliphatic hydroxyl groups is 1. The number of hydrogen-bond acceptors (Lipinski definition) is 4. The SMILES string of the molecule is NC(=O)C1CCN(c2ncccc2CO)CC1. The first kappa shape index (κ1) is 11.9. The summed E-state index contributed by atoms with van der Waals surface area (Å²) in [6.45, 7) is 1.51. The summed E-state index contributed by atoms with van der Waals surface area (Å²) < 4.78 is 0. The van der Waals surface area contributed by atoms with Gasteiger partial charge in [-0.3, -0.25) is 4.79 Å². The van der Waals surface area contributed by atoms with Crippen molar-refractivity contribution in [2.24, 2.45) is 11.7 Å². The van der Waals surface area contributed by atoms with Crippen LogP contribution in [0.3, 0.4) is 0 Å². The molecule has 0 saturated carbocycles. The maximum absolute atomic E-state index is 11.1. The average Bonchev–Trinajstić information content (AvgIpc) is 2.39. The van der Waals surface area contributed by atoms with Crippen LogP contribution >= 0.6 is 0 Å². The Hall–Kier alpha value is -1.62. The number of piperidine rings is 1. The van der Waals surface area contributed by atoms with Gasteiger partial charge in [0.1, 0.15) is 5.82 Å². The Morgan fingerprint density at radius 1 is 1.53 bits per heavy atom. The van der Waals surface area contributed by atoms with Crippen LogP contribution in [0.2, 0.25) is 0 Å². The lowest BCUT2D eigenvalue weighted by Crippen LogP contribution is -2.39. The summed E-state index contributed by atoms with van der Waals surface area (Å²) in [5.41, 5.74) is 6.12. The number of aliphatic hydroxyl groups excluding tert-OH is 1. The van der Waals surface area contributed by atoms with Gasteiger partial charge in [-0.1, -0.05) is 6.07 Å². The molecule has 92 valence electrons. The number of nitrogens with zero attached hydrogens (tertiary/aromatic N) is 2. The average molecular weight is 235 g/mol. The predicted molar refractivity (Wildman–Crippen MR) is 64.3 cm³/mol. The molecule has 0 atom stereocenters. The summed E-state index contributed by atoms with van der Waals surface area (Å²) in [5.74, 6) is 0.582. The number of primary amides is 1. The number of hydrogen-bond donors (Lipinski definition) is 2. The Morgan fingerprint density at radius 2 is 2.24 bits per heavy atom. The van der Waals surface area contributed by atoms with Crippen molar-refractivity contribution in [2.45, 2.75) is 19.4 Å². The van der Waals surface area contributed by atoms with Crippen LogP contribution in [0, 0.1) is 5.92 Å². The summed E-state index contributed by atoms with van der Waals surface area (Å²) >= 11 is 0. The van der Waals surface area contributed by atoms with Gasteiger partial charge < -0.3 is 15.7 Å². The quantitative estimate of drug-likeness (QED) is 0.788. The minimum absolute atomic E-state index is 0.0150. The van der Waals surface area contributed by atoms with Crippen LogP contribution in [0.15, 0.2) is 18.3 Å². The molecule has 0 radical (unpaired) electrons. The number of carbonyl (C=O) groups excluding carboxylic acids is 1. The van der Waals surface area contributed by atoms with Crippen molar-refractivity contribution in [2.75, 3.05) is 18.0 Å². The smallest absolute Gasteiger partial charge is 0.220 e. The first-order valence-electron chi connectivity index (χ1n) is 5.81. The first-order valence-corrected chi connectivity index (χ1v) is 5.81. The van der Waals surface area contributed by atoms with Crippen molar-refractivity contribution in [3.63, 3.8) is 0 Å². The largest absolute Gasteiger partial charge is 0.392 e. The second-order valence-electron chi connectivity index (χ2n) is 4.31. The molecule has 5 heteroatoms. The Morgan fingerprint density at radius 3 is 2.82 bits per heavy atom. The van der Waals surface area contributed by atoms with Crippen molar-refractivity contribution in [1.82, 2.24) is 4.98 Å². The minimum Gasteiger partial charge on any atom is -0.392 e. The predicted octanol–water partition coefficient (Wildman–Crippen LogP) is 0.276. The van der Waals surface area contributed by atoms with E-state index in [-0.39, 0.29) is 18.4 Å². The van der Waals surface area contributed by atoms with Crippen LogP contribution in [0.4, 0.5) is 5.82 Å². The molecule has 2 heterocycles. The van der Waals surface area contributed by atoms with E-state index >= 15 is 0 Å². The third kappa shape index (κ3) is 2.55. The van der Waals surface area contributed by atoms with E-state index in [4.69, 9.17) is 5.73 Å². The van der Waals surface area contributed by atoms with Gasteiger partial charge in [0, 0.05) is 30.8 Å². The highest BCUT2D eigenvalue weighted by Crippen LogP contribution is 2.24. The van der Waals surface area contributed by atoms with Crippen molar-refractivity contribution in [3.05, 3.63) is 23.9 Å². The van der Waals surface area contributed by atoms with E-state index in [1.165, 1.54) is 0 Å². The lowest BCUT2D eigenvalue weighted by atomic mass is 9.96. The summed E-state index contributed by atoms with van der Waals surface area (Å²) in [6.07, 6.45) is 3.24. The number of amides is 1. The minimum atomic E-state index is -0.215. The van der Waals surface area contributed by atoms with Gasteiger partial charge in [-0.05, 0) is 18.9 Å². The molecule has 0 unspecified atom stereocenters. The number of aromatic nitrogens is 1. The third-order valence-electron chi connectivity index (χ3n) is 3.23. The highest BCUT2D eigenvalue weighted by atomic mass is 16.3. The van der Waals surface area contributed by atoms with Crippen LogP contribution in [0.5, 0.6) is 0 Å². The van der Waals surface area contributed by atoms with E-state index in [0.717, 1.165) is 37.3 Å². The van der Waals surface area contributed by atoms with Crippen LogP contribution in [0.25, 0.3) is 0 Å². The van der Waals surface area contributed by atoms with E-state index in [0.29, 0.717) is 0 Å². The lowest BCUT2D eigenvalue weighted by molar-refractivity contribution is -0.122. The van der Waals surface area contributed by atoms with Gasteiger partial charge in [0.2, 0.25) is 5.91 Å². The molecule has 1 aromatic rings. The number of rotatable bonds is 3. The Labute approximate surface area is 100 Å². The molecule has 3 N–H and O–H groups in total. The number of carbonyl (C=O) groups is 1. The summed E-state index contributed by atoms with van der Waals surface area (Å²) in [5, 5.41) is 9.25. The van der Waals surface area contributed by atoms with E-state index < -0.39 is 0 Å². The van der Waals surface area contributed by atoms with Gasteiger partial charge in [0.25, 0.3) is 0 Å². The zero-order chi connectivity index (χ0) is 12.3. The highest BCUT2D eigenvalue weighted by molar-refractivity contribution is 5.77. The van der Waals surface area contributed by atoms with Crippen molar-refractivity contribution in [1.29, 1.82) is 0 Å². The topological polar surface area (TPSA) is 79.5 Å². The highest BCUT2D eigenvalue weighted by Gasteiger charge is 2.24. The molecule has 1 fully saturated rings. The molecule has 1 aliphatic rings. The molecule has 1 saturated heterocycles. The Kier molecular flexibility index (Phi) is 3.58. The first-order chi connectivity index (χ1) is 8.22. The van der Waals surface area contributed by atoms with Crippen molar-refractivity contribution in [3.8, 4) is 0 Å². The standard InChI is InChI=1S/C12H17N3O2/c13-11(17)9-3-6-15(7-4-9)12-10(8-16)2-1-5-14-12/h1-2,5,9,16H,3-4,6-8H2,(H2,13,17). The maximum atomic E-state index is 11.1. The fourth-order valence-electron chi connectivity index (χ4n) is 2.21. The van der Waals surface area contributed by atoms with Gasteiger partial charge in [-0.15, -0.1) is 0 Å². The molecule has 5 nitrogen and oxygen atoms in total. The number of pyridine rings is 1. The van der Waals surface area contributed by atoms with Crippen LogP contribution in [0.1, 0.15) is 18.4 Å². The summed E-state index contributed by atoms with van der Waals surface area (Å²) in [7, 11) is 0. The van der Waals surface area contributed by atoms with Crippen LogP contribution in [-0.4, -0.2) is 29.1 Å². The molecule has 0 spiro atoms. The normalized spacial score (nSPS) is 17.1. The van der Waals surface area contributed by atoms with Gasteiger partial charge in [-0.2, -0.15) is 0 Å². The van der Waals surface area contributed by atoms with Gasteiger partial charge in [-0.25, -0.2) is 4.98 Å². The zero-order valence-electron chi connectivity index (χ0n) is 9.67. The van der Waals surface area contributed by atoms with E-state index in [1.54, 1.807) is 6.20 Å². The maximum Gasteiger partial charge on any atom is 0.220 e. The third-order valence-corrected chi connectivity index (χ3v) is 3.23. The molecular formula is C12H17N3O2. The van der Waals surface area contributed by atoms with Gasteiger partial charge >= 0.3 is 0 Å². The van der Waals surface area contributed by atoms with Gasteiger partial charge in [0.05, 0.1) is 6.61 Å². The summed E-state index contributed by atoms with van der Waals surface area (Å²) in [6, 6.07) is 3.67. The van der Waals surface area contributed by atoms with Crippen LogP contribution < -0.4 is 10.6 Å². The van der Waals surface area contributed by atoms with E-state index in [9.17, 15) is 9.90 Å². The number of nitrogens with two attached hydrogens (primary N) is 1. The monoisotopic (exact) mass is 235 g/mol. The van der Waals surface area contributed by atoms with E-state index in [1.807, 2.05) is 12.1 Å². The Balaban J connectivity index is 2.07. The van der Waals surface area contributed by atoms with Crippen LogP contribution in [-0.2, 0) is 11.4 Å². The molecule has 1 aromatic heterocycles. The Bertz CT molecular complexity index is 400. The van der Waals surface area contributed by atoms with E-state index in [2.05, 4.69) is 9.88 Å². The molecule has 2 rings (SSSR count). The second kappa shape index (κ2) is 5.14. The molecule has 0 bridgehead atoms. The van der Waals surface area contributed by atoms with Crippen molar-refractivity contribution >= 4 is 11.7 Å². The molecule has 17 heavy (non-hydrogen) atoms. The molecular weight excluding hydrogens is 218 g/mol. The zero-order valence-corrected chi connectivity index (χ0v) is 9.67.